The topological polar surface area (TPSA) is 131 Å². The van der Waals surface area contributed by atoms with Crippen LogP contribution in [0.25, 0.3) is 0 Å². The van der Waals surface area contributed by atoms with E-state index in [9.17, 15) is 21.6 Å². The first-order chi connectivity index (χ1) is 15.1. The third-order valence-electron chi connectivity index (χ3n) is 4.20. The number of thiophene rings is 1. The molecule has 0 spiro atoms. The Kier molecular flexibility index (Phi) is 7.19. The van der Waals surface area contributed by atoms with Crippen LogP contribution in [0, 0.1) is 0 Å². The Morgan fingerprint density at radius 1 is 1.03 bits per heavy atom. The molecule has 0 saturated carbocycles. The van der Waals surface area contributed by atoms with Crippen molar-refractivity contribution in [2.45, 2.75) is 11.4 Å². The van der Waals surface area contributed by atoms with E-state index in [1.165, 1.54) is 60.9 Å². The van der Waals surface area contributed by atoms with E-state index in [2.05, 4.69) is 14.8 Å². The van der Waals surface area contributed by atoms with Crippen molar-refractivity contribution in [3.63, 3.8) is 0 Å². The van der Waals surface area contributed by atoms with Gasteiger partial charge in [0.1, 0.15) is 5.75 Å². The molecule has 0 atom stereocenters. The number of methoxy groups -OCH3 is 1. The summed E-state index contributed by atoms with van der Waals surface area (Å²) in [6.07, 6.45) is 1.02. The smallest absolute Gasteiger partial charge is 0.255 e. The maximum absolute atomic E-state index is 12.5. The van der Waals surface area contributed by atoms with Gasteiger partial charge in [0.2, 0.25) is 20.0 Å². The summed E-state index contributed by atoms with van der Waals surface area (Å²) in [4.78, 5) is 13.5. The monoisotopic (exact) mass is 495 g/mol. The minimum absolute atomic E-state index is 0.0449. The molecular formula is C20H21N3O6S3. The number of carbonyl (C=O) groups excluding carboxylic acids is 1. The predicted molar refractivity (Wildman–Crippen MR) is 124 cm³/mol. The minimum Gasteiger partial charge on any atom is -0.494 e. The van der Waals surface area contributed by atoms with E-state index < -0.39 is 26.0 Å². The lowest BCUT2D eigenvalue weighted by Gasteiger charge is -2.12. The average molecular weight is 496 g/mol. The predicted octanol–water partition coefficient (Wildman–Crippen LogP) is 2.86. The molecule has 3 N–H and O–H groups in total. The molecule has 0 saturated heterocycles. The molecule has 170 valence electrons. The second kappa shape index (κ2) is 9.69. The van der Waals surface area contributed by atoms with Gasteiger partial charge in [-0.25, -0.2) is 21.6 Å². The number of anilines is 2. The normalized spacial score (nSPS) is 11.7. The van der Waals surface area contributed by atoms with Gasteiger partial charge in [-0.2, -0.15) is 0 Å². The highest BCUT2D eigenvalue weighted by Crippen LogP contribution is 2.29. The number of benzene rings is 2. The van der Waals surface area contributed by atoms with Crippen molar-refractivity contribution < 1.29 is 26.4 Å². The fraction of sp³-hybridized carbons (Fsp3) is 0.150. The maximum Gasteiger partial charge on any atom is 0.255 e. The molecule has 2 aromatic carbocycles. The molecule has 12 heteroatoms. The summed E-state index contributed by atoms with van der Waals surface area (Å²) < 4.78 is 57.7. The summed E-state index contributed by atoms with van der Waals surface area (Å²) >= 11 is 1.45. The Bertz CT molecular complexity index is 1300. The van der Waals surface area contributed by atoms with Gasteiger partial charge in [0.25, 0.3) is 5.91 Å². The van der Waals surface area contributed by atoms with Gasteiger partial charge in [0.05, 0.1) is 23.9 Å². The van der Waals surface area contributed by atoms with Crippen molar-refractivity contribution in [2.24, 2.45) is 0 Å². The van der Waals surface area contributed by atoms with Crippen LogP contribution in [0.2, 0.25) is 0 Å². The van der Waals surface area contributed by atoms with Crippen molar-refractivity contribution in [2.75, 3.05) is 23.4 Å². The van der Waals surface area contributed by atoms with Crippen molar-refractivity contribution >= 4 is 48.7 Å². The van der Waals surface area contributed by atoms with E-state index in [0.29, 0.717) is 5.69 Å². The SMILES string of the molecule is COc1cc(NC(=O)c2ccc(S(=O)(=O)NCc3cccs3)cc2)ccc1NS(C)(=O)=O. The Labute approximate surface area is 190 Å². The Morgan fingerprint density at radius 2 is 1.75 bits per heavy atom. The van der Waals surface area contributed by atoms with E-state index in [1.807, 2.05) is 17.5 Å². The van der Waals surface area contributed by atoms with Gasteiger partial charge in [-0.15, -0.1) is 11.3 Å². The lowest BCUT2D eigenvalue weighted by molar-refractivity contribution is 0.102. The van der Waals surface area contributed by atoms with Crippen molar-refractivity contribution in [3.8, 4) is 5.75 Å². The summed E-state index contributed by atoms with van der Waals surface area (Å²) in [5.41, 5.74) is 0.859. The zero-order valence-electron chi connectivity index (χ0n) is 17.2. The maximum atomic E-state index is 12.5. The molecule has 0 aliphatic heterocycles. The Hall–Kier alpha value is -2.93. The molecule has 9 nitrogen and oxygen atoms in total. The standard InChI is InChI=1S/C20H21N3O6S3/c1-29-19-12-15(7-10-18(19)23-31(2,25)26)22-20(24)14-5-8-17(9-6-14)32(27,28)21-13-16-4-3-11-30-16/h3-12,21,23H,13H2,1-2H3,(H,22,24). The molecule has 1 heterocycles. The van der Waals surface area contributed by atoms with E-state index in [0.717, 1.165) is 11.1 Å². The van der Waals surface area contributed by atoms with Crippen LogP contribution in [-0.2, 0) is 26.6 Å². The van der Waals surface area contributed by atoms with Gasteiger partial charge in [-0.05, 0) is 47.8 Å². The van der Waals surface area contributed by atoms with Gasteiger partial charge in [-0.3, -0.25) is 9.52 Å². The number of carbonyl (C=O) groups is 1. The molecule has 0 radical (unpaired) electrons. The molecule has 0 unspecified atom stereocenters. The first-order valence-electron chi connectivity index (χ1n) is 9.17. The quantitative estimate of drug-likeness (QED) is 0.418. The van der Waals surface area contributed by atoms with Crippen LogP contribution in [0.3, 0.4) is 0 Å². The fourth-order valence-corrected chi connectivity index (χ4v) is 5.02. The van der Waals surface area contributed by atoms with Gasteiger partial charge in [-0.1, -0.05) is 6.07 Å². The van der Waals surface area contributed by atoms with Crippen molar-refractivity contribution in [1.29, 1.82) is 0 Å². The molecular weight excluding hydrogens is 474 g/mol. The number of ether oxygens (including phenoxy) is 1. The zero-order valence-corrected chi connectivity index (χ0v) is 19.6. The molecule has 0 fully saturated rings. The lowest BCUT2D eigenvalue weighted by atomic mass is 10.2. The summed E-state index contributed by atoms with van der Waals surface area (Å²) in [5.74, 6) is -0.238. The van der Waals surface area contributed by atoms with E-state index in [1.54, 1.807) is 0 Å². The van der Waals surface area contributed by atoms with Crippen molar-refractivity contribution in [1.82, 2.24) is 4.72 Å². The average Bonchev–Trinajstić information content (AvgIpc) is 3.26. The molecule has 3 aromatic rings. The largest absolute Gasteiger partial charge is 0.494 e. The number of amides is 1. The highest BCUT2D eigenvalue weighted by Gasteiger charge is 2.16. The molecule has 1 amide bonds. The van der Waals surface area contributed by atoms with Crippen LogP contribution in [-0.4, -0.2) is 36.1 Å². The highest BCUT2D eigenvalue weighted by molar-refractivity contribution is 7.92. The second-order valence-corrected chi connectivity index (χ2v) is 11.2. The van der Waals surface area contributed by atoms with Gasteiger partial charge in [0, 0.05) is 28.7 Å². The summed E-state index contributed by atoms with van der Waals surface area (Å²) in [6.45, 7) is 0.189. The summed E-state index contributed by atoms with van der Waals surface area (Å²) in [6, 6.07) is 13.6. The third-order valence-corrected chi connectivity index (χ3v) is 7.08. The Morgan fingerprint density at radius 3 is 2.34 bits per heavy atom. The number of rotatable bonds is 9. The highest BCUT2D eigenvalue weighted by atomic mass is 32.2. The third kappa shape index (κ3) is 6.29. The summed E-state index contributed by atoms with van der Waals surface area (Å²) in [7, 11) is -5.83. The first kappa shape index (κ1) is 23.7. The van der Waals surface area contributed by atoms with Crippen molar-refractivity contribution in [3.05, 3.63) is 70.4 Å². The molecule has 3 rings (SSSR count). The van der Waals surface area contributed by atoms with Crippen LogP contribution < -0.4 is 19.5 Å². The minimum atomic E-state index is -3.71. The van der Waals surface area contributed by atoms with E-state index in [-0.39, 0.29) is 28.4 Å². The van der Waals surface area contributed by atoms with E-state index >= 15 is 0 Å². The van der Waals surface area contributed by atoms with E-state index in [4.69, 9.17) is 4.74 Å². The second-order valence-electron chi connectivity index (χ2n) is 6.67. The fourth-order valence-electron chi connectivity index (χ4n) is 2.70. The number of hydrogen-bond acceptors (Lipinski definition) is 7. The number of hydrogen-bond donors (Lipinski definition) is 3. The number of nitrogens with one attached hydrogen (secondary N) is 3. The van der Waals surface area contributed by atoms with Crippen LogP contribution in [0.1, 0.15) is 15.2 Å². The molecule has 0 aliphatic carbocycles. The van der Waals surface area contributed by atoms with Crippen LogP contribution >= 0.6 is 11.3 Å². The Balaban J connectivity index is 1.69. The first-order valence-corrected chi connectivity index (χ1v) is 13.4. The molecule has 0 bridgehead atoms. The zero-order chi connectivity index (χ0) is 23.4. The molecule has 0 aliphatic rings. The summed E-state index contributed by atoms with van der Waals surface area (Å²) in [5, 5.41) is 4.53. The van der Waals surface area contributed by atoms with Gasteiger partial charge >= 0.3 is 0 Å². The van der Waals surface area contributed by atoms with Crippen LogP contribution in [0.5, 0.6) is 5.75 Å². The van der Waals surface area contributed by atoms with Gasteiger partial charge in [0.15, 0.2) is 0 Å². The van der Waals surface area contributed by atoms with Crippen LogP contribution in [0.4, 0.5) is 11.4 Å². The number of sulfonamides is 2. The van der Waals surface area contributed by atoms with Crippen LogP contribution in [0.15, 0.2) is 64.9 Å². The molecule has 1 aromatic heterocycles. The van der Waals surface area contributed by atoms with Gasteiger partial charge < -0.3 is 10.1 Å². The lowest BCUT2D eigenvalue weighted by Crippen LogP contribution is -2.23. The molecule has 32 heavy (non-hydrogen) atoms.